The van der Waals surface area contributed by atoms with Gasteiger partial charge in [-0.2, -0.15) is 0 Å². The van der Waals surface area contributed by atoms with E-state index in [9.17, 15) is 9.90 Å². The molecule has 0 bridgehead atoms. The predicted molar refractivity (Wildman–Crippen MR) is 93.2 cm³/mol. The van der Waals surface area contributed by atoms with Crippen molar-refractivity contribution < 1.29 is 14.6 Å². The van der Waals surface area contributed by atoms with E-state index in [1.54, 1.807) is 13.2 Å². The molecule has 0 saturated carbocycles. The maximum absolute atomic E-state index is 11.8. The van der Waals surface area contributed by atoms with E-state index in [1.807, 2.05) is 30.3 Å². The van der Waals surface area contributed by atoms with Crippen molar-refractivity contribution in [1.29, 1.82) is 0 Å². The van der Waals surface area contributed by atoms with Crippen molar-refractivity contribution in [2.75, 3.05) is 7.11 Å². The number of carbonyl (C=O) groups excluding carboxylic acids is 1. The number of nitrogens with zero attached hydrogens (tertiary/aromatic N) is 1. The van der Waals surface area contributed by atoms with Crippen LogP contribution in [-0.2, 0) is 12.8 Å². The Morgan fingerprint density at radius 1 is 1.21 bits per heavy atom. The molecule has 24 heavy (non-hydrogen) atoms. The number of fused-ring (bicyclic) bond motifs is 4. The van der Waals surface area contributed by atoms with Crippen molar-refractivity contribution >= 4 is 32.8 Å². The molecule has 0 atom stereocenters. The van der Waals surface area contributed by atoms with Crippen molar-refractivity contribution in [2.45, 2.75) is 12.8 Å². The van der Waals surface area contributed by atoms with Gasteiger partial charge in [0.1, 0.15) is 5.75 Å². The van der Waals surface area contributed by atoms with Gasteiger partial charge in [0.2, 0.25) is 0 Å². The number of benzene rings is 2. The predicted octanol–water partition coefficient (Wildman–Crippen LogP) is 3.14. The van der Waals surface area contributed by atoms with Crippen LogP contribution in [0.2, 0.25) is 0 Å². The summed E-state index contributed by atoms with van der Waals surface area (Å²) >= 11 is 3.40. The lowest BCUT2D eigenvalue weighted by Gasteiger charge is -2.24. The van der Waals surface area contributed by atoms with Crippen molar-refractivity contribution in [1.82, 2.24) is 4.98 Å². The van der Waals surface area contributed by atoms with E-state index in [1.165, 1.54) is 0 Å². The zero-order chi connectivity index (χ0) is 16.8. The van der Waals surface area contributed by atoms with Gasteiger partial charge in [-0.3, -0.25) is 0 Å². The molecule has 0 spiro atoms. The standard InChI is InChI=1S/C19H14BrNO3/c1-24-12-4-6-13-10(8-12)2-5-14-17(19(22)23)15-9-11(20)3-7-16(15)21-18(13)14/h3-4,6-9H,2,5H2,1H3,(H,22,23)/p-1. The van der Waals surface area contributed by atoms with Crippen LogP contribution in [0, 0.1) is 0 Å². The molecule has 1 aliphatic rings. The van der Waals surface area contributed by atoms with Crippen molar-refractivity contribution in [3.05, 3.63) is 57.6 Å². The summed E-state index contributed by atoms with van der Waals surface area (Å²) in [6.45, 7) is 0. The van der Waals surface area contributed by atoms with Crippen LogP contribution in [0.1, 0.15) is 21.5 Å². The van der Waals surface area contributed by atoms with Gasteiger partial charge in [-0.1, -0.05) is 15.9 Å². The average Bonchev–Trinajstić information content (AvgIpc) is 2.58. The molecule has 1 aliphatic carbocycles. The second-order valence-corrected chi connectivity index (χ2v) is 6.70. The third kappa shape index (κ3) is 2.27. The summed E-state index contributed by atoms with van der Waals surface area (Å²) in [6.07, 6.45) is 1.37. The molecule has 1 aromatic heterocycles. The van der Waals surface area contributed by atoms with Crippen molar-refractivity contribution in [3.8, 4) is 17.0 Å². The molecule has 5 heteroatoms. The molecule has 3 aromatic rings. The lowest BCUT2D eigenvalue weighted by atomic mass is 9.85. The Morgan fingerprint density at radius 2 is 2.04 bits per heavy atom. The highest BCUT2D eigenvalue weighted by Crippen LogP contribution is 2.38. The highest BCUT2D eigenvalue weighted by molar-refractivity contribution is 9.10. The third-order valence-corrected chi connectivity index (χ3v) is 4.96. The molecule has 0 N–H and O–H groups in total. The largest absolute Gasteiger partial charge is 0.545 e. The summed E-state index contributed by atoms with van der Waals surface area (Å²) in [5.41, 5.74) is 4.46. The Balaban J connectivity index is 2.06. The van der Waals surface area contributed by atoms with Crippen LogP contribution in [0.3, 0.4) is 0 Å². The van der Waals surface area contributed by atoms with Crippen LogP contribution < -0.4 is 9.84 Å². The zero-order valence-electron chi connectivity index (χ0n) is 12.9. The summed E-state index contributed by atoms with van der Waals surface area (Å²) in [5.74, 6) is -0.365. The molecule has 0 saturated heterocycles. The number of hydrogen-bond donors (Lipinski definition) is 0. The van der Waals surface area contributed by atoms with E-state index in [4.69, 9.17) is 9.72 Å². The molecule has 0 amide bonds. The minimum Gasteiger partial charge on any atom is -0.545 e. The molecule has 0 radical (unpaired) electrons. The summed E-state index contributed by atoms with van der Waals surface area (Å²) < 4.78 is 6.10. The van der Waals surface area contributed by atoms with Crippen LogP contribution in [0.15, 0.2) is 40.9 Å². The van der Waals surface area contributed by atoms with Gasteiger partial charge in [-0.05, 0) is 60.4 Å². The monoisotopic (exact) mass is 382 g/mol. The van der Waals surface area contributed by atoms with Gasteiger partial charge in [-0.15, -0.1) is 0 Å². The SMILES string of the molecule is COc1ccc2c(c1)CCc1c-2nc2ccc(Br)cc2c1C(=O)[O-]. The maximum atomic E-state index is 11.8. The summed E-state index contributed by atoms with van der Waals surface area (Å²) in [6, 6.07) is 11.3. The number of ether oxygens (including phenoxy) is 1. The number of hydrogen-bond acceptors (Lipinski definition) is 4. The van der Waals surface area contributed by atoms with E-state index >= 15 is 0 Å². The van der Waals surface area contributed by atoms with Crippen LogP contribution in [0.5, 0.6) is 5.75 Å². The Kier molecular flexibility index (Phi) is 3.53. The minimum atomic E-state index is -1.16. The molecular weight excluding hydrogens is 370 g/mol. The summed E-state index contributed by atoms with van der Waals surface area (Å²) in [7, 11) is 1.64. The number of carbonyl (C=O) groups is 1. The molecule has 120 valence electrons. The Morgan fingerprint density at radius 3 is 2.79 bits per heavy atom. The second-order valence-electron chi connectivity index (χ2n) is 5.79. The van der Waals surface area contributed by atoms with Gasteiger partial charge < -0.3 is 14.6 Å². The first kappa shape index (κ1) is 15.1. The first-order valence-corrected chi connectivity index (χ1v) is 8.38. The first-order chi connectivity index (χ1) is 11.6. The van der Waals surface area contributed by atoms with Gasteiger partial charge in [0.15, 0.2) is 0 Å². The van der Waals surface area contributed by atoms with Crippen LogP contribution in [0.4, 0.5) is 0 Å². The highest BCUT2D eigenvalue weighted by Gasteiger charge is 2.23. The summed E-state index contributed by atoms with van der Waals surface area (Å²) in [4.78, 5) is 16.6. The molecule has 1 heterocycles. The fourth-order valence-corrected chi connectivity index (χ4v) is 3.73. The quantitative estimate of drug-likeness (QED) is 0.682. The number of carboxylic acids is 1. The zero-order valence-corrected chi connectivity index (χ0v) is 14.5. The molecule has 0 fully saturated rings. The molecule has 4 rings (SSSR count). The number of rotatable bonds is 2. The maximum Gasteiger partial charge on any atom is 0.119 e. The van der Waals surface area contributed by atoms with E-state index in [2.05, 4.69) is 15.9 Å². The van der Waals surface area contributed by atoms with E-state index in [-0.39, 0.29) is 5.56 Å². The van der Waals surface area contributed by atoms with E-state index in [0.717, 1.165) is 39.0 Å². The molecule has 4 nitrogen and oxygen atoms in total. The lowest BCUT2D eigenvalue weighted by Crippen LogP contribution is -2.26. The fraction of sp³-hybridized carbons (Fsp3) is 0.158. The Labute approximate surface area is 147 Å². The molecule has 0 aliphatic heterocycles. The number of aryl methyl sites for hydroxylation is 1. The Hall–Kier alpha value is -2.40. The number of halogens is 1. The van der Waals surface area contributed by atoms with Gasteiger partial charge >= 0.3 is 0 Å². The number of aromatic carboxylic acids is 1. The number of pyridine rings is 1. The molecule has 2 aromatic carbocycles. The molecule has 0 unspecified atom stereocenters. The second kappa shape index (κ2) is 5.60. The number of methoxy groups -OCH3 is 1. The van der Waals surface area contributed by atoms with Crippen LogP contribution in [-0.4, -0.2) is 18.1 Å². The molecular formula is C19H13BrNO3-. The van der Waals surface area contributed by atoms with Crippen LogP contribution in [0.25, 0.3) is 22.2 Å². The van der Waals surface area contributed by atoms with Gasteiger partial charge in [-0.25, -0.2) is 4.98 Å². The fourth-order valence-electron chi connectivity index (χ4n) is 3.37. The number of aromatic nitrogens is 1. The Bertz CT molecular complexity index is 998. The minimum absolute atomic E-state index is 0.248. The van der Waals surface area contributed by atoms with E-state index < -0.39 is 5.97 Å². The first-order valence-electron chi connectivity index (χ1n) is 7.59. The van der Waals surface area contributed by atoms with E-state index in [0.29, 0.717) is 17.3 Å². The van der Waals surface area contributed by atoms with Crippen molar-refractivity contribution in [3.63, 3.8) is 0 Å². The topological polar surface area (TPSA) is 62.2 Å². The highest BCUT2D eigenvalue weighted by atomic mass is 79.9. The third-order valence-electron chi connectivity index (χ3n) is 4.46. The van der Waals surface area contributed by atoms with Gasteiger partial charge in [0, 0.05) is 21.0 Å². The lowest BCUT2D eigenvalue weighted by molar-refractivity contribution is -0.254. The van der Waals surface area contributed by atoms with Gasteiger partial charge in [0.05, 0.1) is 24.3 Å². The van der Waals surface area contributed by atoms with Crippen LogP contribution >= 0.6 is 15.9 Å². The average molecular weight is 383 g/mol. The smallest absolute Gasteiger partial charge is 0.119 e. The number of carboxylic acid groups (broad SMARTS) is 1. The normalized spacial score (nSPS) is 12.6. The van der Waals surface area contributed by atoms with Gasteiger partial charge in [0.25, 0.3) is 0 Å². The van der Waals surface area contributed by atoms with Crippen molar-refractivity contribution in [2.24, 2.45) is 0 Å². The summed E-state index contributed by atoms with van der Waals surface area (Å²) in [5, 5.41) is 12.4.